The predicted octanol–water partition coefficient (Wildman–Crippen LogP) is 3.36. The molecule has 1 heterocycles. The Morgan fingerprint density at radius 2 is 1.88 bits per heavy atom. The number of carboxylic acid groups (broad SMARTS) is 1. The van der Waals surface area contributed by atoms with Crippen LogP contribution >= 0.6 is 11.3 Å². The van der Waals surface area contributed by atoms with Gasteiger partial charge in [-0.25, -0.2) is 9.78 Å². The third-order valence-corrected chi connectivity index (χ3v) is 4.96. The van der Waals surface area contributed by atoms with Gasteiger partial charge in [-0.3, -0.25) is 9.59 Å². The highest BCUT2D eigenvalue weighted by molar-refractivity contribution is 7.09. The van der Waals surface area contributed by atoms with Crippen molar-refractivity contribution in [2.75, 3.05) is 7.05 Å². The van der Waals surface area contributed by atoms with Crippen molar-refractivity contribution in [2.24, 2.45) is 11.8 Å². The van der Waals surface area contributed by atoms with Crippen LogP contribution in [0.5, 0.6) is 0 Å². The fourth-order valence-electron chi connectivity index (χ4n) is 2.71. The molecular weight excluding hydrogens is 356 g/mol. The fourth-order valence-corrected chi connectivity index (χ4v) is 3.54. The number of hydrogen-bond donors (Lipinski definition) is 1. The van der Waals surface area contributed by atoms with Crippen molar-refractivity contribution in [1.29, 1.82) is 0 Å². The lowest BCUT2D eigenvalue weighted by Crippen LogP contribution is -2.42. The molecule has 0 bridgehead atoms. The Morgan fingerprint density at radius 1 is 1.27 bits per heavy atom. The molecule has 2 unspecified atom stereocenters. The fraction of sp³-hybridized carbons (Fsp3) is 0.667. The van der Waals surface area contributed by atoms with Gasteiger partial charge >= 0.3 is 11.9 Å². The van der Waals surface area contributed by atoms with Crippen LogP contribution in [-0.4, -0.2) is 45.9 Å². The summed E-state index contributed by atoms with van der Waals surface area (Å²) in [5, 5.41) is 10.9. The van der Waals surface area contributed by atoms with E-state index in [-0.39, 0.29) is 29.5 Å². The first-order chi connectivity index (χ1) is 12.0. The molecule has 26 heavy (non-hydrogen) atoms. The van der Waals surface area contributed by atoms with E-state index >= 15 is 0 Å². The van der Waals surface area contributed by atoms with Gasteiger partial charge in [-0.05, 0) is 11.8 Å². The summed E-state index contributed by atoms with van der Waals surface area (Å²) in [4.78, 5) is 40.8. The van der Waals surface area contributed by atoms with E-state index in [0.29, 0.717) is 17.8 Å². The van der Waals surface area contributed by atoms with Crippen molar-refractivity contribution in [1.82, 2.24) is 9.88 Å². The van der Waals surface area contributed by atoms with E-state index in [4.69, 9.17) is 9.84 Å². The number of carboxylic acids is 1. The van der Waals surface area contributed by atoms with E-state index in [1.165, 1.54) is 12.3 Å². The minimum absolute atomic E-state index is 0.0330. The maximum atomic E-state index is 12.5. The van der Waals surface area contributed by atoms with Crippen molar-refractivity contribution >= 4 is 29.2 Å². The molecule has 0 aliphatic carbocycles. The monoisotopic (exact) mass is 384 g/mol. The number of carbonyl (C=O) groups is 3. The molecule has 1 amide bonds. The molecule has 0 saturated heterocycles. The second kappa shape index (κ2) is 9.66. The van der Waals surface area contributed by atoms with Gasteiger partial charge in [0.15, 0.2) is 11.8 Å². The summed E-state index contributed by atoms with van der Waals surface area (Å²) >= 11 is 1.14. The van der Waals surface area contributed by atoms with E-state index in [2.05, 4.69) is 4.98 Å². The zero-order valence-electron chi connectivity index (χ0n) is 16.2. The second-order valence-electron chi connectivity index (χ2n) is 7.12. The van der Waals surface area contributed by atoms with Crippen LogP contribution < -0.4 is 0 Å². The summed E-state index contributed by atoms with van der Waals surface area (Å²) in [6.07, 6.45) is 0.120. The highest BCUT2D eigenvalue weighted by Crippen LogP contribution is 2.30. The molecular formula is C18H28N2O5S. The first-order valence-electron chi connectivity index (χ1n) is 8.64. The van der Waals surface area contributed by atoms with Crippen LogP contribution in [0.1, 0.15) is 69.1 Å². The Kier molecular flexibility index (Phi) is 8.20. The number of aromatic carboxylic acids is 1. The SMILES string of the molecule is CC(=O)OC(CC(C(C)C)N(C)C(=O)CC(C)C)c1nc(C(=O)O)cs1. The number of nitrogens with zero attached hydrogens (tertiary/aromatic N) is 2. The zero-order chi connectivity index (χ0) is 20.0. The Hall–Kier alpha value is -1.96. The Morgan fingerprint density at radius 3 is 2.31 bits per heavy atom. The number of amides is 1. The van der Waals surface area contributed by atoms with Gasteiger partial charge in [0, 0.05) is 38.2 Å². The molecule has 0 spiro atoms. The maximum absolute atomic E-state index is 12.5. The second-order valence-corrected chi connectivity index (χ2v) is 8.01. The Labute approximate surface area is 158 Å². The van der Waals surface area contributed by atoms with Crippen LogP contribution in [0.2, 0.25) is 0 Å². The van der Waals surface area contributed by atoms with Crippen LogP contribution in [-0.2, 0) is 14.3 Å². The molecule has 1 rings (SSSR count). The molecule has 146 valence electrons. The van der Waals surface area contributed by atoms with Gasteiger partial charge in [-0.15, -0.1) is 11.3 Å². The lowest BCUT2D eigenvalue weighted by Gasteiger charge is -2.34. The van der Waals surface area contributed by atoms with Gasteiger partial charge in [-0.1, -0.05) is 27.7 Å². The first kappa shape index (κ1) is 22.1. The van der Waals surface area contributed by atoms with Crippen LogP contribution in [0.15, 0.2) is 5.38 Å². The van der Waals surface area contributed by atoms with E-state index in [9.17, 15) is 14.4 Å². The molecule has 1 N–H and O–H groups in total. The summed E-state index contributed by atoms with van der Waals surface area (Å²) in [6.45, 7) is 9.27. The number of carbonyl (C=O) groups excluding carboxylic acids is 2. The summed E-state index contributed by atoms with van der Waals surface area (Å²) in [6, 6.07) is -0.164. The molecule has 0 saturated carbocycles. The van der Waals surface area contributed by atoms with Crippen LogP contribution in [0.25, 0.3) is 0 Å². The van der Waals surface area contributed by atoms with Gasteiger partial charge in [0.1, 0.15) is 5.01 Å². The molecule has 0 aromatic carbocycles. The molecule has 8 heteroatoms. The molecule has 0 radical (unpaired) electrons. The Bertz CT molecular complexity index is 641. The normalized spacial score (nSPS) is 13.5. The lowest BCUT2D eigenvalue weighted by molar-refractivity contribution is -0.148. The minimum atomic E-state index is -1.13. The first-order valence-corrected chi connectivity index (χ1v) is 9.52. The maximum Gasteiger partial charge on any atom is 0.355 e. The molecule has 2 atom stereocenters. The number of rotatable bonds is 9. The standard InChI is InChI=1S/C18H28N2O5S/c1-10(2)7-16(22)20(6)14(11(3)4)8-15(25-12(5)21)17-19-13(9-26-17)18(23)24/h9-11,14-15H,7-8H2,1-6H3,(H,23,24). The van der Waals surface area contributed by atoms with E-state index in [1.54, 1.807) is 11.9 Å². The van der Waals surface area contributed by atoms with E-state index in [0.717, 1.165) is 11.3 Å². The zero-order valence-corrected chi connectivity index (χ0v) is 17.0. The van der Waals surface area contributed by atoms with Gasteiger partial charge in [0.05, 0.1) is 0 Å². The predicted molar refractivity (Wildman–Crippen MR) is 99.0 cm³/mol. The largest absolute Gasteiger partial charge is 0.476 e. The third kappa shape index (κ3) is 6.40. The molecule has 0 aliphatic rings. The minimum Gasteiger partial charge on any atom is -0.476 e. The molecule has 1 aromatic rings. The Balaban J connectivity index is 3.05. The van der Waals surface area contributed by atoms with Crippen LogP contribution in [0.4, 0.5) is 0 Å². The lowest BCUT2D eigenvalue weighted by atomic mass is 9.95. The average Bonchev–Trinajstić information content (AvgIpc) is 2.99. The van der Waals surface area contributed by atoms with E-state index < -0.39 is 18.0 Å². The van der Waals surface area contributed by atoms with Gasteiger partial charge in [-0.2, -0.15) is 0 Å². The van der Waals surface area contributed by atoms with Gasteiger partial charge in [0.25, 0.3) is 0 Å². The molecule has 0 aliphatic heterocycles. The summed E-state index contributed by atoms with van der Waals surface area (Å²) in [5.74, 6) is -1.18. The number of ether oxygens (including phenoxy) is 1. The van der Waals surface area contributed by atoms with E-state index in [1.807, 2.05) is 27.7 Å². The number of thiazole rings is 1. The number of aromatic nitrogens is 1. The van der Waals surface area contributed by atoms with Crippen LogP contribution in [0.3, 0.4) is 0 Å². The highest BCUT2D eigenvalue weighted by atomic mass is 32.1. The summed E-state index contributed by atoms with van der Waals surface area (Å²) in [7, 11) is 1.75. The van der Waals surface area contributed by atoms with Gasteiger partial charge in [0.2, 0.25) is 5.91 Å². The van der Waals surface area contributed by atoms with Crippen molar-refractivity contribution < 1.29 is 24.2 Å². The van der Waals surface area contributed by atoms with Gasteiger partial charge < -0.3 is 14.7 Å². The quantitative estimate of drug-likeness (QED) is 0.656. The van der Waals surface area contributed by atoms with Crippen LogP contribution in [0, 0.1) is 11.8 Å². The molecule has 0 fully saturated rings. The van der Waals surface area contributed by atoms with Crippen molar-refractivity contribution in [3.05, 3.63) is 16.1 Å². The summed E-state index contributed by atoms with van der Waals surface area (Å²) < 4.78 is 5.40. The number of hydrogen-bond acceptors (Lipinski definition) is 6. The van der Waals surface area contributed by atoms with Crippen molar-refractivity contribution in [3.63, 3.8) is 0 Å². The highest BCUT2D eigenvalue weighted by Gasteiger charge is 2.30. The molecule has 1 aromatic heterocycles. The average molecular weight is 384 g/mol. The van der Waals surface area contributed by atoms with Crippen molar-refractivity contribution in [2.45, 2.75) is 59.6 Å². The topological polar surface area (TPSA) is 96.8 Å². The number of esters is 1. The van der Waals surface area contributed by atoms with Crippen molar-refractivity contribution in [3.8, 4) is 0 Å². The third-order valence-electron chi connectivity index (χ3n) is 4.02. The summed E-state index contributed by atoms with van der Waals surface area (Å²) in [5.41, 5.74) is -0.0764. The smallest absolute Gasteiger partial charge is 0.355 e. The molecule has 7 nitrogen and oxygen atoms in total.